The molecule has 0 fully saturated rings. The van der Waals surface area contributed by atoms with E-state index in [1.807, 2.05) is 26.0 Å². The minimum atomic E-state index is 0. The number of methoxy groups -OCH3 is 1. The first-order chi connectivity index (χ1) is 12.5. The average molecular weight is 493 g/mol. The first-order valence-electron chi connectivity index (χ1n) is 9.52. The summed E-state index contributed by atoms with van der Waals surface area (Å²) in [5.41, 5.74) is 0.851. The SMILES string of the molecule is CCNC(=NCCC(OCC)C(C)C)NCCc1cccc(OC)c1O.I. The smallest absolute Gasteiger partial charge is 0.191 e. The van der Waals surface area contributed by atoms with Gasteiger partial charge in [0, 0.05) is 26.2 Å². The third-order valence-corrected chi connectivity index (χ3v) is 4.14. The normalized spacial score (nSPS) is 12.4. The zero-order chi connectivity index (χ0) is 19.4. The van der Waals surface area contributed by atoms with Crippen molar-refractivity contribution in [2.45, 2.75) is 46.6 Å². The van der Waals surface area contributed by atoms with Crippen LogP contribution in [0, 0.1) is 5.92 Å². The van der Waals surface area contributed by atoms with Crippen LogP contribution >= 0.6 is 24.0 Å². The Kier molecular flexibility index (Phi) is 14.1. The zero-order valence-electron chi connectivity index (χ0n) is 17.2. The van der Waals surface area contributed by atoms with Crippen molar-refractivity contribution in [1.82, 2.24) is 10.6 Å². The van der Waals surface area contributed by atoms with Crippen LogP contribution in [0.25, 0.3) is 0 Å². The van der Waals surface area contributed by atoms with Crippen LogP contribution in [-0.4, -0.2) is 50.5 Å². The number of phenolic OH excluding ortho intramolecular Hbond substituents is 1. The van der Waals surface area contributed by atoms with Crippen molar-refractivity contribution in [2.75, 3.05) is 33.4 Å². The number of halogens is 1. The molecule has 1 unspecified atom stereocenters. The van der Waals surface area contributed by atoms with Crippen LogP contribution in [-0.2, 0) is 11.2 Å². The topological polar surface area (TPSA) is 75.1 Å². The lowest BCUT2D eigenvalue weighted by atomic mass is 10.0. The van der Waals surface area contributed by atoms with Gasteiger partial charge in [-0.15, -0.1) is 24.0 Å². The lowest BCUT2D eigenvalue weighted by Crippen LogP contribution is -2.38. The summed E-state index contributed by atoms with van der Waals surface area (Å²) >= 11 is 0. The van der Waals surface area contributed by atoms with Crippen molar-refractivity contribution in [2.24, 2.45) is 10.9 Å². The van der Waals surface area contributed by atoms with Crippen molar-refractivity contribution in [3.63, 3.8) is 0 Å². The van der Waals surface area contributed by atoms with Crippen LogP contribution < -0.4 is 15.4 Å². The molecule has 1 aromatic rings. The summed E-state index contributed by atoms with van der Waals surface area (Å²) in [5, 5.41) is 16.7. The van der Waals surface area contributed by atoms with Crippen LogP contribution in [0.3, 0.4) is 0 Å². The molecule has 0 aromatic heterocycles. The second-order valence-corrected chi connectivity index (χ2v) is 6.43. The number of aliphatic imine (C=N–C) groups is 1. The highest BCUT2D eigenvalue weighted by atomic mass is 127. The number of aromatic hydroxyl groups is 1. The predicted octanol–water partition coefficient (Wildman–Crippen LogP) is 3.57. The summed E-state index contributed by atoms with van der Waals surface area (Å²) in [7, 11) is 1.56. The second-order valence-electron chi connectivity index (χ2n) is 6.43. The Labute approximate surface area is 181 Å². The molecule has 156 valence electrons. The molecule has 0 spiro atoms. The number of nitrogens with zero attached hydrogens (tertiary/aromatic N) is 1. The van der Waals surface area contributed by atoms with Gasteiger partial charge in [0.05, 0.1) is 13.2 Å². The quantitative estimate of drug-likeness (QED) is 0.250. The molecular formula is C20H36IN3O3. The first kappa shape index (κ1) is 25.8. The number of guanidine groups is 1. The third kappa shape index (κ3) is 9.51. The van der Waals surface area contributed by atoms with E-state index < -0.39 is 0 Å². The highest BCUT2D eigenvalue weighted by Crippen LogP contribution is 2.29. The van der Waals surface area contributed by atoms with Gasteiger partial charge < -0.3 is 25.2 Å². The number of hydrogen-bond donors (Lipinski definition) is 3. The maximum absolute atomic E-state index is 10.1. The molecule has 0 radical (unpaired) electrons. The van der Waals surface area contributed by atoms with Crippen molar-refractivity contribution < 1.29 is 14.6 Å². The van der Waals surface area contributed by atoms with E-state index >= 15 is 0 Å². The van der Waals surface area contributed by atoms with Gasteiger partial charge in [-0.05, 0) is 44.2 Å². The molecule has 1 rings (SSSR count). The van der Waals surface area contributed by atoms with Gasteiger partial charge in [-0.2, -0.15) is 0 Å². The predicted molar refractivity (Wildman–Crippen MR) is 123 cm³/mol. The fraction of sp³-hybridized carbons (Fsp3) is 0.650. The molecule has 27 heavy (non-hydrogen) atoms. The van der Waals surface area contributed by atoms with Gasteiger partial charge >= 0.3 is 0 Å². The Hall–Kier alpha value is -1.22. The summed E-state index contributed by atoms with van der Waals surface area (Å²) in [6, 6.07) is 5.53. The molecule has 0 saturated heterocycles. The average Bonchev–Trinajstić information content (AvgIpc) is 2.62. The van der Waals surface area contributed by atoms with Crippen molar-refractivity contribution >= 4 is 29.9 Å². The van der Waals surface area contributed by atoms with Crippen LogP contribution in [0.15, 0.2) is 23.2 Å². The minimum Gasteiger partial charge on any atom is -0.504 e. The number of hydrogen-bond acceptors (Lipinski definition) is 4. The number of rotatable bonds is 11. The van der Waals surface area contributed by atoms with Crippen molar-refractivity contribution in [1.29, 1.82) is 0 Å². The van der Waals surface area contributed by atoms with Crippen LogP contribution in [0.2, 0.25) is 0 Å². The number of para-hydroxylation sites is 1. The van der Waals surface area contributed by atoms with E-state index in [-0.39, 0.29) is 35.8 Å². The monoisotopic (exact) mass is 493 g/mol. The van der Waals surface area contributed by atoms with Gasteiger partial charge in [-0.3, -0.25) is 4.99 Å². The number of ether oxygens (including phenoxy) is 2. The van der Waals surface area contributed by atoms with Gasteiger partial charge in [-0.1, -0.05) is 26.0 Å². The van der Waals surface area contributed by atoms with Crippen LogP contribution in [0.4, 0.5) is 0 Å². The molecular weight excluding hydrogens is 457 g/mol. The van der Waals surface area contributed by atoms with Gasteiger partial charge in [0.15, 0.2) is 17.5 Å². The van der Waals surface area contributed by atoms with E-state index in [1.54, 1.807) is 13.2 Å². The van der Waals surface area contributed by atoms with E-state index in [9.17, 15) is 5.11 Å². The molecule has 1 atom stereocenters. The standard InChI is InChI=1S/C20H35N3O3.HI/c1-6-21-20(23-14-12-17(15(3)4)26-7-2)22-13-11-16-9-8-10-18(25-5)19(16)24;/h8-10,15,17,24H,6-7,11-14H2,1-5H3,(H2,21,22,23);1H. The molecule has 0 heterocycles. The molecule has 7 heteroatoms. The number of nitrogens with one attached hydrogen (secondary N) is 2. The Morgan fingerprint density at radius 3 is 2.56 bits per heavy atom. The maximum Gasteiger partial charge on any atom is 0.191 e. The van der Waals surface area contributed by atoms with Crippen molar-refractivity contribution in [3.8, 4) is 11.5 Å². The van der Waals surface area contributed by atoms with Crippen LogP contribution in [0.1, 0.15) is 39.7 Å². The van der Waals surface area contributed by atoms with E-state index in [0.717, 1.165) is 31.1 Å². The minimum absolute atomic E-state index is 0. The summed E-state index contributed by atoms with van der Waals surface area (Å²) < 4.78 is 10.9. The molecule has 0 saturated carbocycles. The number of phenols is 1. The highest BCUT2D eigenvalue weighted by Gasteiger charge is 2.12. The third-order valence-electron chi connectivity index (χ3n) is 4.14. The van der Waals surface area contributed by atoms with Gasteiger partial charge in [0.1, 0.15) is 0 Å². The summed E-state index contributed by atoms with van der Waals surface area (Å²) in [4.78, 5) is 4.63. The maximum atomic E-state index is 10.1. The summed E-state index contributed by atoms with van der Waals surface area (Å²) in [6.45, 7) is 11.3. The fourth-order valence-electron chi connectivity index (χ4n) is 2.72. The van der Waals surface area contributed by atoms with E-state index in [0.29, 0.717) is 31.2 Å². The molecule has 3 N–H and O–H groups in total. The van der Waals surface area contributed by atoms with Gasteiger partial charge in [0.2, 0.25) is 0 Å². The highest BCUT2D eigenvalue weighted by molar-refractivity contribution is 14.0. The molecule has 6 nitrogen and oxygen atoms in total. The first-order valence-corrected chi connectivity index (χ1v) is 9.52. The Morgan fingerprint density at radius 1 is 1.22 bits per heavy atom. The lowest BCUT2D eigenvalue weighted by Gasteiger charge is -2.20. The molecule has 1 aromatic carbocycles. The van der Waals surface area contributed by atoms with Gasteiger partial charge in [0.25, 0.3) is 0 Å². The zero-order valence-corrected chi connectivity index (χ0v) is 19.6. The molecule has 0 aliphatic heterocycles. The van der Waals surface area contributed by atoms with Crippen LogP contribution in [0.5, 0.6) is 11.5 Å². The molecule has 0 aliphatic rings. The number of benzene rings is 1. The van der Waals surface area contributed by atoms with E-state index in [4.69, 9.17) is 9.47 Å². The summed E-state index contributed by atoms with van der Waals surface area (Å²) in [6.07, 6.45) is 1.82. The lowest BCUT2D eigenvalue weighted by molar-refractivity contribution is 0.0266. The van der Waals surface area contributed by atoms with Gasteiger partial charge in [-0.25, -0.2) is 0 Å². The molecule has 0 amide bonds. The summed E-state index contributed by atoms with van der Waals surface area (Å²) in [5.74, 6) is 1.97. The fourth-order valence-corrected chi connectivity index (χ4v) is 2.72. The largest absolute Gasteiger partial charge is 0.504 e. The molecule has 0 bridgehead atoms. The second kappa shape index (κ2) is 14.8. The van der Waals surface area contributed by atoms with Crippen molar-refractivity contribution in [3.05, 3.63) is 23.8 Å². The Balaban J connectivity index is 0.00000676. The van der Waals surface area contributed by atoms with E-state index in [1.165, 1.54) is 0 Å². The Bertz CT molecular complexity index is 553. The molecule has 0 aliphatic carbocycles. The Morgan fingerprint density at radius 2 is 1.96 bits per heavy atom. The van der Waals surface area contributed by atoms with E-state index in [2.05, 4.69) is 29.5 Å².